The van der Waals surface area contributed by atoms with E-state index >= 15 is 0 Å². The average Bonchev–Trinajstić information content (AvgIpc) is 2.40. The van der Waals surface area contributed by atoms with Crippen molar-refractivity contribution in [2.45, 2.75) is 24.7 Å². The Bertz CT molecular complexity index is 672. The number of benzene rings is 1. The average molecular weight is 332 g/mol. The Kier molecular flexibility index (Phi) is 4.49. The van der Waals surface area contributed by atoms with Gasteiger partial charge in [0.05, 0.1) is 21.5 Å². The van der Waals surface area contributed by atoms with Crippen LogP contribution < -0.4 is 4.90 Å². The maximum atomic E-state index is 11.7. The Morgan fingerprint density at radius 2 is 2.10 bits per heavy atom. The molecule has 0 aliphatic carbocycles. The lowest BCUT2D eigenvalue weighted by atomic mass is 9.97. The van der Waals surface area contributed by atoms with E-state index in [1.165, 1.54) is 6.07 Å². The van der Waals surface area contributed by atoms with Crippen LogP contribution >= 0.6 is 11.6 Å². The summed E-state index contributed by atoms with van der Waals surface area (Å²) in [7, 11) is -3.32. The van der Waals surface area contributed by atoms with Gasteiger partial charge < -0.3 is 10.0 Å². The summed E-state index contributed by atoms with van der Waals surface area (Å²) < 4.78 is 23.4. The van der Waals surface area contributed by atoms with Gasteiger partial charge in [0.1, 0.15) is 0 Å². The van der Waals surface area contributed by atoms with Crippen LogP contribution in [0.15, 0.2) is 17.0 Å². The highest BCUT2D eigenvalue weighted by atomic mass is 35.5. The molecule has 1 atom stereocenters. The van der Waals surface area contributed by atoms with Gasteiger partial charge in [-0.1, -0.05) is 11.6 Å². The number of hydrogen-bond donors (Lipinski definition) is 1. The number of carboxylic acids is 1. The quantitative estimate of drug-likeness (QED) is 0.920. The Hall–Kier alpha value is -1.27. The summed E-state index contributed by atoms with van der Waals surface area (Å²) in [6, 6.07) is 3.18. The molecule has 5 nitrogen and oxygen atoms in total. The van der Waals surface area contributed by atoms with E-state index in [2.05, 4.69) is 0 Å². The van der Waals surface area contributed by atoms with Crippen molar-refractivity contribution >= 4 is 33.1 Å². The maximum Gasteiger partial charge on any atom is 0.308 e. The van der Waals surface area contributed by atoms with Crippen LogP contribution in [0.25, 0.3) is 0 Å². The number of sulfone groups is 1. The van der Waals surface area contributed by atoms with Gasteiger partial charge in [0.25, 0.3) is 0 Å². The molecule has 1 aromatic carbocycles. The summed E-state index contributed by atoms with van der Waals surface area (Å²) in [6.07, 6.45) is 2.58. The molecule has 7 heteroatoms. The number of halogens is 1. The van der Waals surface area contributed by atoms with Crippen molar-refractivity contribution in [3.05, 3.63) is 22.7 Å². The standard InChI is InChI=1S/C14H18ClNO4S/c1-9-6-12(11(15)7-13(9)21(2,19)20)16-5-3-4-10(8-16)14(17)18/h6-7,10H,3-5,8H2,1-2H3,(H,17,18)/t10-/m1/s1. The van der Waals surface area contributed by atoms with Crippen molar-refractivity contribution in [2.75, 3.05) is 24.2 Å². The molecule has 1 heterocycles. The Morgan fingerprint density at radius 1 is 1.43 bits per heavy atom. The number of anilines is 1. The maximum absolute atomic E-state index is 11.7. The van der Waals surface area contributed by atoms with E-state index in [0.717, 1.165) is 19.2 Å². The number of carboxylic acid groups (broad SMARTS) is 1. The van der Waals surface area contributed by atoms with Crippen molar-refractivity contribution in [3.8, 4) is 0 Å². The lowest BCUT2D eigenvalue weighted by Crippen LogP contribution is -2.38. The Balaban J connectivity index is 2.37. The molecule has 1 aliphatic heterocycles. The topological polar surface area (TPSA) is 74.7 Å². The van der Waals surface area contributed by atoms with Crippen LogP contribution in [0, 0.1) is 12.8 Å². The zero-order chi connectivity index (χ0) is 15.8. The van der Waals surface area contributed by atoms with Gasteiger partial charge >= 0.3 is 5.97 Å². The molecule has 0 bridgehead atoms. The molecule has 0 unspecified atom stereocenters. The third kappa shape index (κ3) is 3.49. The van der Waals surface area contributed by atoms with Crippen LogP contribution in [0.2, 0.25) is 5.02 Å². The molecule has 0 radical (unpaired) electrons. The summed E-state index contributed by atoms with van der Waals surface area (Å²) in [5.74, 6) is -1.22. The lowest BCUT2D eigenvalue weighted by Gasteiger charge is -2.33. The first-order valence-electron chi connectivity index (χ1n) is 6.68. The summed E-state index contributed by atoms with van der Waals surface area (Å²) in [6.45, 7) is 2.84. The van der Waals surface area contributed by atoms with Crippen molar-refractivity contribution in [1.82, 2.24) is 0 Å². The van der Waals surface area contributed by atoms with Crippen LogP contribution in [0.3, 0.4) is 0 Å². The molecule has 1 saturated heterocycles. The smallest absolute Gasteiger partial charge is 0.308 e. The fourth-order valence-corrected chi connectivity index (χ4v) is 4.01. The highest BCUT2D eigenvalue weighted by Crippen LogP contribution is 2.33. The van der Waals surface area contributed by atoms with E-state index in [-0.39, 0.29) is 4.90 Å². The minimum absolute atomic E-state index is 0.211. The zero-order valence-corrected chi connectivity index (χ0v) is 13.5. The number of nitrogens with zero attached hydrogens (tertiary/aromatic N) is 1. The zero-order valence-electron chi connectivity index (χ0n) is 12.0. The molecule has 2 rings (SSSR count). The first kappa shape index (κ1) is 16.1. The minimum Gasteiger partial charge on any atom is -0.481 e. The van der Waals surface area contributed by atoms with Gasteiger partial charge in [-0.2, -0.15) is 0 Å². The molecule has 0 spiro atoms. The van der Waals surface area contributed by atoms with Crippen LogP contribution in [0.4, 0.5) is 5.69 Å². The second kappa shape index (κ2) is 5.85. The van der Waals surface area contributed by atoms with Crippen molar-refractivity contribution in [1.29, 1.82) is 0 Å². The summed E-state index contributed by atoms with van der Waals surface area (Å²) in [5.41, 5.74) is 1.32. The van der Waals surface area contributed by atoms with Gasteiger partial charge in [-0.05, 0) is 37.5 Å². The molecule has 0 aromatic heterocycles. The van der Waals surface area contributed by atoms with Gasteiger partial charge in [0, 0.05) is 19.3 Å². The molecular formula is C14H18ClNO4S. The predicted molar refractivity (Wildman–Crippen MR) is 81.9 cm³/mol. The van der Waals surface area contributed by atoms with Crippen molar-refractivity contribution in [2.24, 2.45) is 5.92 Å². The fourth-order valence-electron chi connectivity index (χ4n) is 2.69. The third-order valence-electron chi connectivity index (χ3n) is 3.76. The molecule has 1 aliphatic rings. The first-order valence-corrected chi connectivity index (χ1v) is 8.95. The number of hydrogen-bond acceptors (Lipinski definition) is 4. The van der Waals surface area contributed by atoms with E-state index in [4.69, 9.17) is 16.7 Å². The van der Waals surface area contributed by atoms with Gasteiger partial charge in [-0.25, -0.2) is 8.42 Å². The van der Waals surface area contributed by atoms with Gasteiger partial charge in [0.15, 0.2) is 9.84 Å². The predicted octanol–water partition coefficient (Wildman–Crippen LogP) is 2.35. The van der Waals surface area contributed by atoms with E-state index in [0.29, 0.717) is 29.2 Å². The molecule has 1 aromatic rings. The van der Waals surface area contributed by atoms with Gasteiger partial charge in [-0.3, -0.25) is 4.79 Å². The molecular weight excluding hydrogens is 314 g/mol. The highest BCUT2D eigenvalue weighted by molar-refractivity contribution is 7.90. The summed E-state index contributed by atoms with van der Waals surface area (Å²) in [4.78, 5) is 13.3. The van der Waals surface area contributed by atoms with Crippen LogP contribution in [-0.4, -0.2) is 38.8 Å². The number of piperidine rings is 1. The van der Waals surface area contributed by atoms with E-state index in [1.54, 1.807) is 13.0 Å². The van der Waals surface area contributed by atoms with Crippen LogP contribution in [-0.2, 0) is 14.6 Å². The molecule has 21 heavy (non-hydrogen) atoms. The fraction of sp³-hybridized carbons (Fsp3) is 0.500. The van der Waals surface area contributed by atoms with E-state index < -0.39 is 21.7 Å². The number of carbonyl (C=O) groups is 1. The monoisotopic (exact) mass is 331 g/mol. The van der Waals surface area contributed by atoms with E-state index in [1.807, 2.05) is 4.90 Å². The van der Waals surface area contributed by atoms with E-state index in [9.17, 15) is 13.2 Å². The molecule has 1 N–H and O–H groups in total. The SMILES string of the molecule is Cc1cc(N2CCC[C@@H](C(=O)O)C2)c(Cl)cc1S(C)(=O)=O. The first-order chi connectivity index (χ1) is 9.70. The normalized spacial score (nSPS) is 19.6. The van der Waals surface area contributed by atoms with Crippen LogP contribution in [0.5, 0.6) is 0 Å². The Labute approximate surface area is 129 Å². The molecule has 116 valence electrons. The Morgan fingerprint density at radius 3 is 2.67 bits per heavy atom. The minimum atomic E-state index is -3.32. The second-order valence-electron chi connectivity index (χ2n) is 5.46. The number of aryl methyl sites for hydroxylation is 1. The van der Waals surface area contributed by atoms with Crippen LogP contribution in [0.1, 0.15) is 18.4 Å². The van der Waals surface area contributed by atoms with Gasteiger partial charge in [-0.15, -0.1) is 0 Å². The third-order valence-corrected chi connectivity index (χ3v) is 5.30. The summed E-state index contributed by atoms with van der Waals surface area (Å²) >= 11 is 6.21. The largest absolute Gasteiger partial charge is 0.481 e. The summed E-state index contributed by atoms with van der Waals surface area (Å²) in [5, 5.41) is 9.48. The molecule has 0 amide bonds. The lowest BCUT2D eigenvalue weighted by molar-refractivity contribution is -0.141. The molecule has 0 saturated carbocycles. The highest BCUT2D eigenvalue weighted by Gasteiger charge is 2.27. The van der Waals surface area contributed by atoms with Gasteiger partial charge in [0.2, 0.25) is 0 Å². The van der Waals surface area contributed by atoms with Crippen molar-refractivity contribution < 1.29 is 18.3 Å². The van der Waals surface area contributed by atoms with Crippen molar-refractivity contribution in [3.63, 3.8) is 0 Å². The number of aliphatic carboxylic acids is 1. The second-order valence-corrected chi connectivity index (χ2v) is 7.86. The molecule has 1 fully saturated rings. The number of rotatable bonds is 3.